The number of ether oxygens (including phenoxy) is 1. The molecule has 180 valence electrons. The lowest BCUT2D eigenvalue weighted by Gasteiger charge is -2.14. The van der Waals surface area contributed by atoms with E-state index in [1.54, 1.807) is 6.92 Å². The summed E-state index contributed by atoms with van der Waals surface area (Å²) in [5, 5.41) is 9.63. The van der Waals surface area contributed by atoms with Crippen molar-refractivity contribution in [1.82, 2.24) is 0 Å². The number of allylic oxidation sites excluding steroid dienone is 6. The van der Waals surface area contributed by atoms with Crippen molar-refractivity contribution in [2.75, 3.05) is 19.8 Å². The zero-order valence-corrected chi connectivity index (χ0v) is 20.0. The van der Waals surface area contributed by atoms with Gasteiger partial charge in [0.05, 0.1) is 13.2 Å². The molecule has 2 unspecified atom stereocenters. The van der Waals surface area contributed by atoms with Crippen LogP contribution >= 0.6 is 7.82 Å². The van der Waals surface area contributed by atoms with Crippen LogP contribution in [0.25, 0.3) is 0 Å². The highest BCUT2D eigenvalue weighted by molar-refractivity contribution is 7.47. The van der Waals surface area contributed by atoms with Gasteiger partial charge in [-0.25, -0.2) is 4.57 Å². The Morgan fingerprint density at radius 3 is 2.16 bits per heavy atom. The summed E-state index contributed by atoms with van der Waals surface area (Å²) < 4.78 is 25.4. The van der Waals surface area contributed by atoms with Crippen LogP contribution in [0.1, 0.15) is 78.1 Å². The minimum atomic E-state index is -4.15. The topological polar surface area (TPSA) is 102 Å². The molecule has 0 aromatic carbocycles. The van der Waals surface area contributed by atoms with E-state index in [0.29, 0.717) is 6.42 Å². The zero-order chi connectivity index (χ0) is 23.2. The van der Waals surface area contributed by atoms with E-state index in [9.17, 15) is 19.4 Å². The lowest BCUT2D eigenvalue weighted by Crippen LogP contribution is -2.23. The number of hydrogen-bond donors (Lipinski definition) is 2. The Bertz CT molecular complexity index is 572. The highest BCUT2D eigenvalue weighted by Crippen LogP contribution is 2.42. The van der Waals surface area contributed by atoms with E-state index in [1.165, 1.54) is 0 Å². The summed E-state index contributed by atoms with van der Waals surface area (Å²) in [5.74, 6) is -0.391. The van der Waals surface area contributed by atoms with E-state index in [1.807, 2.05) is 0 Å². The van der Waals surface area contributed by atoms with Crippen molar-refractivity contribution in [3.8, 4) is 0 Å². The van der Waals surface area contributed by atoms with Gasteiger partial charge in [0.1, 0.15) is 12.7 Å². The smallest absolute Gasteiger partial charge is 0.463 e. The zero-order valence-electron chi connectivity index (χ0n) is 19.1. The minimum absolute atomic E-state index is 0.0184. The summed E-state index contributed by atoms with van der Waals surface area (Å²) in [7, 11) is -4.15. The van der Waals surface area contributed by atoms with Crippen molar-refractivity contribution in [2.24, 2.45) is 0 Å². The third kappa shape index (κ3) is 21.8. The van der Waals surface area contributed by atoms with Crippen LogP contribution in [0, 0.1) is 0 Å². The standard InChI is InChI=1S/C23H41O7P/c1-3-5-6-7-8-9-10-11-12-13-14-15-16-17-18-19-23(25)28-20-22(24)21-30-31(26,27)29-4-2/h5-6,8-9,11-12,22,24H,3-4,7,10,13-21H2,1-2H3,(H,26,27)/b6-5-,9-8-,12-11-. The van der Waals surface area contributed by atoms with Crippen LogP contribution in [0.15, 0.2) is 36.5 Å². The van der Waals surface area contributed by atoms with Gasteiger partial charge in [-0.3, -0.25) is 13.8 Å². The largest absolute Gasteiger partial charge is 0.472 e. The molecule has 7 nitrogen and oxygen atoms in total. The minimum Gasteiger partial charge on any atom is -0.463 e. The first kappa shape index (κ1) is 29.8. The molecule has 0 spiro atoms. The Kier molecular flexibility index (Phi) is 19.8. The molecule has 2 N–H and O–H groups in total. The molecule has 0 bridgehead atoms. The second-order valence-electron chi connectivity index (χ2n) is 7.12. The van der Waals surface area contributed by atoms with Crippen LogP contribution in [0.5, 0.6) is 0 Å². The van der Waals surface area contributed by atoms with Gasteiger partial charge in [-0.05, 0) is 45.4 Å². The van der Waals surface area contributed by atoms with Gasteiger partial charge in [0, 0.05) is 6.42 Å². The van der Waals surface area contributed by atoms with Gasteiger partial charge in [0.15, 0.2) is 0 Å². The molecule has 0 saturated carbocycles. The van der Waals surface area contributed by atoms with Crippen LogP contribution in [-0.2, 0) is 23.1 Å². The molecule has 0 aliphatic heterocycles. The fraction of sp³-hybridized carbons (Fsp3) is 0.696. The van der Waals surface area contributed by atoms with Crippen LogP contribution in [0.2, 0.25) is 0 Å². The van der Waals surface area contributed by atoms with Crippen molar-refractivity contribution in [3.63, 3.8) is 0 Å². The Hall–Kier alpha value is -1.24. The van der Waals surface area contributed by atoms with E-state index < -0.39 is 26.5 Å². The molecule has 0 rings (SSSR count). The molecule has 0 radical (unpaired) electrons. The number of aliphatic hydroxyl groups excluding tert-OH is 1. The molecular weight excluding hydrogens is 419 g/mol. The van der Waals surface area contributed by atoms with Crippen LogP contribution < -0.4 is 0 Å². The van der Waals surface area contributed by atoms with Gasteiger partial charge in [0.2, 0.25) is 0 Å². The molecule has 0 fully saturated rings. The Labute approximate surface area is 187 Å². The summed E-state index contributed by atoms with van der Waals surface area (Å²) in [6.07, 6.45) is 21.5. The second-order valence-corrected chi connectivity index (χ2v) is 8.57. The molecule has 31 heavy (non-hydrogen) atoms. The lowest BCUT2D eigenvalue weighted by molar-refractivity contribution is -0.147. The highest BCUT2D eigenvalue weighted by atomic mass is 31.2. The fourth-order valence-corrected chi connectivity index (χ4v) is 3.34. The van der Waals surface area contributed by atoms with Crippen molar-refractivity contribution < 1.29 is 33.1 Å². The summed E-state index contributed by atoms with van der Waals surface area (Å²) in [4.78, 5) is 20.9. The SMILES string of the molecule is CC/C=C\C/C=C\C/C=C\CCCCCCCC(=O)OCC(O)COP(=O)(O)OCC. The fourth-order valence-electron chi connectivity index (χ4n) is 2.58. The average Bonchev–Trinajstić information content (AvgIpc) is 2.73. The first-order valence-corrected chi connectivity index (χ1v) is 12.8. The second kappa shape index (κ2) is 20.7. The number of hydrogen-bond acceptors (Lipinski definition) is 6. The monoisotopic (exact) mass is 460 g/mol. The average molecular weight is 461 g/mol. The van der Waals surface area contributed by atoms with E-state index in [0.717, 1.165) is 57.8 Å². The summed E-state index contributed by atoms with van der Waals surface area (Å²) in [6.45, 7) is 2.99. The summed E-state index contributed by atoms with van der Waals surface area (Å²) >= 11 is 0. The molecule has 0 aliphatic rings. The first-order valence-electron chi connectivity index (χ1n) is 11.3. The number of aliphatic hydroxyl groups is 1. The predicted molar refractivity (Wildman–Crippen MR) is 124 cm³/mol. The van der Waals surface area contributed by atoms with Crippen molar-refractivity contribution in [3.05, 3.63) is 36.5 Å². The van der Waals surface area contributed by atoms with Crippen LogP contribution in [0.3, 0.4) is 0 Å². The van der Waals surface area contributed by atoms with Crippen LogP contribution in [-0.4, -0.2) is 41.9 Å². The summed E-state index contributed by atoms with van der Waals surface area (Å²) in [6, 6.07) is 0. The van der Waals surface area contributed by atoms with E-state index in [2.05, 4.69) is 52.4 Å². The van der Waals surface area contributed by atoms with Gasteiger partial charge in [-0.2, -0.15) is 0 Å². The first-order chi connectivity index (χ1) is 14.9. The number of rotatable bonds is 20. The molecular formula is C23H41O7P. The molecule has 2 atom stereocenters. The highest BCUT2D eigenvalue weighted by Gasteiger charge is 2.22. The molecule has 8 heteroatoms. The maximum atomic E-state index is 11.7. The molecule has 0 amide bonds. The van der Waals surface area contributed by atoms with E-state index in [4.69, 9.17) is 4.74 Å². The van der Waals surface area contributed by atoms with Gasteiger partial charge in [0.25, 0.3) is 0 Å². The summed E-state index contributed by atoms with van der Waals surface area (Å²) in [5.41, 5.74) is 0. The number of phosphoric ester groups is 1. The van der Waals surface area contributed by atoms with E-state index >= 15 is 0 Å². The quantitative estimate of drug-likeness (QED) is 0.105. The number of esters is 1. The normalized spacial score (nSPS) is 15.1. The predicted octanol–water partition coefficient (Wildman–Crippen LogP) is 5.63. The number of phosphoric acid groups is 1. The Balaban J connectivity index is 3.54. The number of carbonyl (C=O) groups excluding carboxylic acids is 1. The molecule has 0 aromatic rings. The Morgan fingerprint density at radius 1 is 0.871 bits per heavy atom. The van der Waals surface area contributed by atoms with Gasteiger partial charge >= 0.3 is 13.8 Å². The van der Waals surface area contributed by atoms with Crippen molar-refractivity contribution in [2.45, 2.75) is 84.2 Å². The van der Waals surface area contributed by atoms with Gasteiger partial charge in [-0.15, -0.1) is 0 Å². The lowest BCUT2D eigenvalue weighted by atomic mass is 10.1. The molecule has 0 aromatic heterocycles. The molecule has 0 heterocycles. The van der Waals surface area contributed by atoms with Crippen LogP contribution in [0.4, 0.5) is 0 Å². The number of unbranched alkanes of at least 4 members (excludes halogenated alkanes) is 5. The Morgan fingerprint density at radius 2 is 1.48 bits per heavy atom. The maximum absolute atomic E-state index is 11.7. The third-order valence-electron chi connectivity index (χ3n) is 4.19. The van der Waals surface area contributed by atoms with Gasteiger partial charge in [-0.1, -0.05) is 62.6 Å². The number of carbonyl (C=O) groups is 1. The third-order valence-corrected chi connectivity index (χ3v) is 5.25. The maximum Gasteiger partial charge on any atom is 0.472 e. The molecule has 0 saturated heterocycles. The van der Waals surface area contributed by atoms with Crippen molar-refractivity contribution >= 4 is 13.8 Å². The molecule has 0 aliphatic carbocycles. The van der Waals surface area contributed by atoms with Gasteiger partial charge < -0.3 is 14.7 Å². The van der Waals surface area contributed by atoms with E-state index in [-0.39, 0.29) is 13.2 Å². The van der Waals surface area contributed by atoms with Crippen molar-refractivity contribution in [1.29, 1.82) is 0 Å².